The highest BCUT2D eigenvalue weighted by atomic mass is 35.5. The number of fused-ring (bicyclic) bond motifs is 1. The molecule has 2 N–H and O–H groups in total. The third-order valence-electron chi connectivity index (χ3n) is 8.72. The molecule has 1 saturated heterocycles. The first-order valence-electron chi connectivity index (χ1n) is 14.2. The number of amides is 2. The summed E-state index contributed by atoms with van der Waals surface area (Å²) in [7, 11) is 0. The van der Waals surface area contributed by atoms with E-state index in [1.54, 1.807) is 4.90 Å². The molecule has 2 amide bonds. The molecule has 2 aromatic rings. The summed E-state index contributed by atoms with van der Waals surface area (Å²) in [5.74, 6) is -0.200. The zero-order valence-electron chi connectivity index (χ0n) is 21.9. The van der Waals surface area contributed by atoms with Gasteiger partial charge >= 0.3 is 0 Å². The Morgan fingerprint density at radius 1 is 0.868 bits per heavy atom. The van der Waals surface area contributed by atoms with E-state index in [0.29, 0.717) is 50.6 Å². The Labute approximate surface area is 229 Å². The smallest absolute Gasteiger partial charge is 0.254 e. The Morgan fingerprint density at radius 3 is 2.16 bits per heavy atom. The van der Waals surface area contributed by atoms with E-state index in [4.69, 9.17) is 11.6 Å². The summed E-state index contributed by atoms with van der Waals surface area (Å²) in [4.78, 5) is 31.7. The molecule has 202 valence electrons. The van der Waals surface area contributed by atoms with Crippen LogP contribution >= 0.6 is 11.6 Å². The number of carbonyl (C=O) groups excluding carboxylic acids is 2. The number of anilines is 2. The van der Waals surface area contributed by atoms with Crippen molar-refractivity contribution in [3.63, 3.8) is 0 Å². The maximum absolute atomic E-state index is 13.2. The summed E-state index contributed by atoms with van der Waals surface area (Å²) < 4.78 is 0. The number of rotatable bonds is 4. The van der Waals surface area contributed by atoms with Crippen molar-refractivity contribution < 1.29 is 14.7 Å². The molecule has 6 rings (SSSR count). The van der Waals surface area contributed by atoms with Gasteiger partial charge in [-0.1, -0.05) is 55.8 Å². The van der Waals surface area contributed by atoms with Crippen LogP contribution in [0, 0.1) is 0 Å². The molecule has 2 aromatic carbocycles. The Morgan fingerprint density at radius 2 is 1.50 bits per heavy atom. The molecule has 2 aliphatic carbocycles. The highest BCUT2D eigenvalue weighted by Crippen LogP contribution is 2.45. The quantitative estimate of drug-likeness (QED) is 0.562. The summed E-state index contributed by atoms with van der Waals surface area (Å²) in [6, 6.07) is 14.6. The van der Waals surface area contributed by atoms with Gasteiger partial charge in [0.15, 0.2) is 0 Å². The van der Waals surface area contributed by atoms with Gasteiger partial charge < -0.3 is 25.1 Å². The summed E-state index contributed by atoms with van der Waals surface area (Å²) >= 11 is 6.34. The first-order valence-corrected chi connectivity index (χ1v) is 14.6. The van der Waals surface area contributed by atoms with E-state index in [0.717, 1.165) is 16.3 Å². The van der Waals surface area contributed by atoms with Crippen LogP contribution in [0.3, 0.4) is 0 Å². The van der Waals surface area contributed by atoms with Crippen molar-refractivity contribution >= 4 is 34.8 Å². The van der Waals surface area contributed by atoms with Crippen LogP contribution in [0.4, 0.5) is 11.4 Å². The number of benzene rings is 2. The molecule has 1 unspecified atom stereocenters. The van der Waals surface area contributed by atoms with Gasteiger partial charge in [0.25, 0.3) is 11.8 Å². The predicted molar refractivity (Wildman–Crippen MR) is 150 cm³/mol. The minimum Gasteiger partial charge on any atom is -0.380 e. The summed E-state index contributed by atoms with van der Waals surface area (Å²) in [5, 5.41) is 14.6. The van der Waals surface area contributed by atoms with Crippen LogP contribution in [0.15, 0.2) is 42.5 Å². The molecule has 3 fully saturated rings. The summed E-state index contributed by atoms with van der Waals surface area (Å²) in [5.41, 5.74) is 2.90. The highest BCUT2D eigenvalue weighted by Gasteiger charge is 2.50. The first kappa shape index (κ1) is 25.5. The summed E-state index contributed by atoms with van der Waals surface area (Å²) in [6.07, 6.45) is 9.90. The predicted octanol–water partition coefficient (Wildman–Crippen LogP) is 5.19. The van der Waals surface area contributed by atoms with Gasteiger partial charge in [0.2, 0.25) is 0 Å². The highest BCUT2D eigenvalue weighted by molar-refractivity contribution is 6.31. The lowest BCUT2D eigenvalue weighted by atomic mass is 9.94. The molecule has 1 atom stereocenters. The van der Waals surface area contributed by atoms with Gasteiger partial charge in [0.05, 0.1) is 11.4 Å². The zero-order valence-corrected chi connectivity index (χ0v) is 22.6. The van der Waals surface area contributed by atoms with Crippen molar-refractivity contribution in [1.82, 2.24) is 9.80 Å². The number of hydrogen-bond acceptors (Lipinski definition) is 5. The average molecular weight is 537 g/mol. The Kier molecular flexibility index (Phi) is 6.99. The third-order valence-corrected chi connectivity index (χ3v) is 8.96. The van der Waals surface area contributed by atoms with E-state index in [1.807, 2.05) is 29.2 Å². The average Bonchev–Trinajstić information content (AvgIpc) is 3.57. The lowest BCUT2D eigenvalue weighted by Crippen LogP contribution is -2.53. The Hall–Kier alpha value is -2.77. The number of halogens is 1. The maximum atomic E-state index is 13.2. The van der Waals surface area contributed by atoms with Crippen LogP contribution in [0.25, 0.3) is 0 Å². The van der Waals surface area contributed by atoms with Gasteiger partial charge in [-0.3, -0.25) is 9.59 Å². The molecule has 2 heterocycles. The van der Waals surface area contributed by atoms with E-state index in [2.05, 4.69) is 28.4 Å². The number of carbonyl (C=O) groups is 2. The standard InChI is InChI=1S/C30H37ClN4O3/c31-23-12-13-26-25(20-23)32-27(35(26)24-6-4-2-1-3-5-7-24)21-8-10-22(11-9-21)28(36)33-16-18-34(19-17-33)29(37)30(38)14-15-30/h8-13,20,24,27,32,38H,1-7,14-19H2. The van der Waals surface area contributed by atoms with Crippen LogP contribution in [0.5, 0.6) is 0 Å². The van der Waals surface area contributed by atoms with Gasteiger partial charge in [-0.25, -0.2) is 0 Å². The topological polar surface area (TPSA) is 76.1 Å². The lowest BCUT2D eigenvalue weighted by Gasteiger charge is -2.37. The molecule has 7 nitrogen and oxygen atoms in total. The molecule has 0 aromatic heterocycles. The largest absolute Gasteiger partial charge is 0.380 e. The van der Waals surface area contributed by atoms with Gasteiger partial charge in [-0.05, 0) is 61.6 Å². The molecular weight excluding hydrogens is 500 g/mol. The maximum Gasteiger partial charge on any atom is 0.254 e. The number of aliphatic hydroxyl groups is 1. The molecule has 38 heavy (non-hydrogen) atoms. The van der Waals surface area contributed by atoms with E-state index in [9.17, 15) is 14.7 Å². The molecule has 0 spiro atoms. The monoisotopic (exact) mass is 536 g/mol. The minimum atomic E-state index is -1.15. The fourth-order valence-electron chi connectivity index (χ4n) is 6.30. The van der Waals surface area contributed by atoms with Gasteiger partial charge in [0, 0.05) is 42.8 Å². The Bertz CT molecular complexity index is 1180. The van der Waals surface area contributed by atoms with Gasteiger partial charge in [-0.2, -0.15) is 0 Å². The number of piperazine rings is 1. The fraction of sp³-hybridized carbons (Fsp3) is 0.533. The second-order valence-corrected chi connectivity index (χ2v) is 11.8. The van der Waals surface area contributed by atoms with E-state index in [-0.39, 0.29) is 18.0 Å². The second-order valence-electron chi connectivity index (χ2n) is 11.4. The van der Waals surface area contributed by atoms with Crippen molar-refractivity contribution in [3.05, 3.63) is 58.6 Å². The molecular formula is C30H37ClN4O3. The number of nitrogens with one attached hydrogen (secondary N) is 1. The third kappa shape index (κ3) is 4.98. The van der Waals surface area contributed by atoms with Crippen molar-refractivity contribution in [2.24, 2.45) is 0 Å². The molecule has 0 bridgehead atoms. The molecule has 4 aliphatic rings. The van der Waals surface area contributed by atoms with E-state index in [1.165, 1.54) is 50.6 Å². The van der Waals surface area contributed by atoms with Gasteiger partial charge in [-0.15, -0.1) is 0 Å². The zero-order chi connectivity index (χ0) is 26.3. The molecule has 2 saturated carbocycles. The molecule has 8 heteroatoms. The van der Waals surface area contributed by atoms with Crippen molar-refractivity contribution in [3.8, 4) is 0 Å². The lowest BCUT2D eigenvalue weighted by molar-refractivity contribution is -0.143. The van der Waals surface area contributed by atoms with Gasteiger partial charge in [0.1, 0.15) is 11.8 Å². The molecule has 2 aliphatic heterocycles. The number of nitrogens with zero attached hydrogens (tertiary/aromatic N) is 3. The SMILES string of the molecule is O=C(c1ccc(C2Nc3cc(Cl)ccc3N2C2CCCCCCC2)cc1)N1CCN(C(=O)C2(O)CC2)CC1. The Balaban J connectivity index is 1.16. The minimum absolute atomic E-state index is 0.000158. The normalized spacial score (nSPS) is 23.3. The van der Waals surface area contributed by atoms with E-state index >= 15 is 0 Å². The summed E-state index contributed by atoms with van der Waals surface area (Å²) in [6.45, 7) is 1.90. The van der Waals surface area contributed by atoms with Crippen molar-refractivity contribution in [2.75, 3.05) is 36.4 Å². The molecule has 0 radical (unpaired) electrons. The van der Waals surface area contributed by atoms with Crippen LogP contribution in [-0.4, -0.2) is 64.5 Å². The second kappa shape index (κ2) is 10.4. The van der Waals surface area contributed by atoms with Crippen LogP contribution < -0.4 is 10.2 Å². The van der Waals surface area contributed by atoms with Crippen LogP contribution in [0.2, 0.25) is 5.02 Å². The van der Waals surface area contributed by atoms with Crippen molar-refractivity contribution in [2.45, 2.75) is 75.6 Å². The van der Waals surface area contributed by atoms with Crippen molar-refractivity contribution in [1.29, 1.82) is 0 Å². The van der Waals surface area contributed by atoms with Crippen LogP contribution in [0.1, 0.15) is 79.9 Å². The number of hydrogen-bond donors (Lipinski definition) is 2. The fourth-order valence-corrected chi connectivity index (χ4v) is 6.47. The van der Waals surface area contributed by atoms with Crippen LogP contribution in [-0.2, 0) is 4.79 Å². The van der Waals surface area contributed by atoms with E-state index < -0.39 is 5.60 Å². The first-order chi connectivity index (χ1) is 18.4.